The lowest BCUT2D eigenvalue weighted by atomic mass is 10.1. The zero-order chi connectivity index (χ0) is 33.8. The summed E-state index contributed by atoms with van der Waals surface area (Å²) in [6, 6.07) is 2.99. The van der Waals surface area contributed by atoms with E-state index in [1.165, 1.54) is 0 Å². The average molecular weight is 717 g/mol. The first-order chi connectivity index (χ1) is 19.3. The summed E-state index contributed by atoms with van der Waals surface area (Å²) in [6.07, 6.45) is 0.862. The van der Waals surface area contributed by atoms with E-state index >= 15 is 0 Å². The minimum absolute atomic E-state index is 0.195. The van der Waals surface area contributed by atoms with Crippen LogP contribution in [0.25, 0.3) is 0 Å². The second kappa shape index (κ2) is 19.1. The van der Waals surface area contributed by atoms with Crippen LogP contribution in [-0.4, -0.2) is 111 Å². The molecule has 43 heavy (non-hydrogen) atoms. The first kappa shape index (κ1) is 44.0. The molecule has 0 aromatic carbocycles. The van der Waals surface area contributed by atoms with Crippen LogP contribution in [0.1, 0.15) is 19.3 Å². The van der Waals surface area contributed by atoms with Crippen LogP contribution in [0.2, 0.25) is 116 Å². The summed E-state index contributed by atoms with van der Waals surface area (Å²) in [5.41, 5.74) is 0. The van der Waals surface area contributed by atoms with Crippen molar-refractivity contribution >= 4 is 49.9 Å². The zero-order valence-corrected chi connectivity index (χ0v) is 36.9. The molecule has 0 aromatic heterocycles. The topological polar surface area (TPSA) is 95.8 Å². The molecule has 0 aliphatic carbocycles. The summed E-state index contributed by atoms with van der Waals surface area (Å²) in [6.45, 7) is 34.9. The van der Waals surface area contributed by atoms with Crippen LogP contribution in [0.3, 0.4) is 0 Å². The van der Waals surface area contributed by atoms with Gasteiger partial charge < -0.3 is 36.8 Å². The van der Waals surface area contributed by atoms with Gasteiger partial charge in [0.25, 0.3) is 0 Å². The van der Waals surface area contributed by atoms with Gasteiger partial charge in [0, 0.05) is 19.8 Å². The first-order valence-electron chi connectivity index (χ1n) is 16.5. The number of aliphatic hydroxyl groups excluding tert-OH is 2. The molecule has 0 heterocycles. The predicted octanol–water partition coefficient (Wildman–Crippen LogP) is 7.47. The molecule has 14 heteroatoms. The van der Waals surface area contributed by atoms with Gasteiger partial charge in [0.05, 0.1) is 13.2 Å². The molecule has 0 aromatic rings. The minimum atomic E-state index is -1.79. The average Bonchev–Trinajstić information content (AvgIpc) is 2.75. The highest BCUT2D eigenvalue weighted by atomic mass is 28.4. The Balaban J connectivity index is 5.36. The van der Waals surface area contributed by atoms with Crippen molar-refractivity contribution in [3.05, 3.63) is 0 Å². The second-order valence-electron chi connectivity index (χ2n) is 16.8. The van der Waals surface area contributed by atoms with Gasteiger partial charge in [0.2, 0.25) is 0 Å². The molecular formula is C29H72O8Si6. The monoisotopic (exact) mass is 716 g/mol. The van der Waals surface area contributed by atoms with E-state index in [1.807, 2.05) is 0 Å². The molecular weight excluding hydrogens is 645 g/mol. The standard InChI is InChI=1S/C29H72O8Si6/c1-38(2,3)35-41(10,11)22-16-19-32-27(25-30)29(34-21-18-24-43(14,15)37-40(7,8)9)28(26-31)33-20-17-23-42(12,13)36-39(4,5)6/h27-31H,16-26H2,1-15H3/t27-,28+,29?. The summed E-state index contributed by atoms with van der Waals surface area (Å²) >= 11 is 0. The molecule has 0 bridgehead atoms. The van der Waals surface area contributed by atoms with E-state index in [2.05, 4.69) is 98.2 Å². The van der Waals surface area contributed by atoms with Crippen molar-refractivity contribution in [1.82, 2.24) is 0 Å². The molecule has 2 N–H and O–H groups in total. The van der Waals surface area contributed by atoms with Crippen LogP contribution < -0.4 is 0 Å². The van der Waals surface area contributed by atoms with Gasteiger partial charge in [-0.15, -0.1) is 0 Å². The van der Waals surface area contributed by atoms with Crippen LogP contribution in [-0.2, 0) is 26.6 Å². The number of aliphatic hydroxyl groups is 2. The Labute approximate surface area is 272 Å². The summed E-state index contributed by atoms with van der Waals surface area (Å²) in [5.74, 6) is 0. The van der Waals surface area contributed by atoms with E-state index < -0.39 is 68.2 Å². The molecule has 0 amide bonds. The van der Waals surface area contributed by atoms with Gasteiger partial charge in [-0.2, -0.15) is 0 Å². The van der Waals surface area contributed by atoms with Crippen molar-refractivity contribution in [2.75, 3.05) is 33.0 Å². The number of hydrogen-bond acceptors (Lipinski definition) is 8. The molecule has 260 valence electrons. The van der Waals surface area contributed by atoms with Crippen LogP contribution >= 0.6 is 0 Å². The van der Waals surface area contributed by atoms with E-state index in [-0.39, 0.29) is 13.2 Å². The number of ether oxygens (including phenoxy) is 3. The maximum absolute atomic E-state index is 10.4. The molecule has 8 nitrogen and oxygen atoms in total. The molecule has 0 radical (unpaired) electrons. The Kier molecular flexibility index (Phi) is 19.5. The molecule has 1 unspecified atom stereocenters. The Hall–Kier alpha value is 0.981. The molecule has 0 fully saturated rings. The lowest BCUT2D eigenvalue weighted by Gasteiger charge is -2.34. The van der Waals surface area contributed by atoms with Gasteiger partial charge in [-0.05, 0) is 136 Å². The SMILES string of the molecule is C[Si](C)(C)O[Si](C)(C)CCCOC([C@H](CO)OCCC[Si](C)(C)O[Si](C)(C)C)[C@@H](CO)OCCC[Si](C)(C)O[Si](C)(C)C. The van der Waals surface area contributed by atoms with Crippen LogP contribution in [0.4, 0.5) is 0 Å². The lowest BCUT2D eigenvalue weighted by Crippen LogP contribution is -2.47. The van der Waals surface area contributed by atoms with Gasteiger partial charge in [0.15, 0.2) is 49.9 Å². The summed E-state index contributed by atoms with van der Waals surface area (Å²) in [7, 11) is -10.1. The van der Waals surface area contributed by atoms with E-state index in [0.717, 1.165) is 37.4 Å². The van der Waals surface area contributed by atoms with Crippen molar-refractivity contribution in [3.8, 4) is 0 Å². The van der Waals surface area contributed by atoms with Crippen LogP contribution in [0.15, 0.2) is 0 Å². The summed E-state index contributed by atoms with van der Waals surface area (Å²) in [4.78, 5) is 0. The minimum Gasteiger partial charge on any atom is -0.456 e. The van der Waals surface area contributed by atoms with Crippen molar-refractivity contribution in [3.63, 3.8) is 0 Å². The molecule has 0 aliphatic heterocycles. The normalized spacial score (nSPS) is 16.4. The van der Waals surface area contributed by atoms with Gasteiger partial charge in [-0.3, -0.25) is 0 Å². The molecule has 0 aliphatic rings. The summed E-state index contributed by atoms with van der Waals surface area (Å²) in [5, 5.41) is 20.8. The zero-order valence-electron chi connectivity index (χ0n) is 30.9. The quantitative estimate of drug-likeness (QED) is 0.0743. The molecule has 0 rings (SSSR count). The second-order valence-corrected chi connectivity index (χ2v) is 43.9. The molecule has 0 saturated carbocycles. The first-order valence-corrected chi connectivity index (χ1v) is 36.0. The van der Waals surface area contributed by atoms with Gasteiger partial charge in [-0.1, -0.05) is 0 Å². The largest absolute Gasteiger partial charge is 0.456 e. The van der Waals surface area contributed by atoms with Crippen molar-refractivity contribution in [1.29, 1.82) is 0 Å². The van der Waals surface area contributed by atoms with Crippen molar-refractivity contribution in [2.45, 2.75) is 154 Å². The smallest absolute Gasteiger partial charge is 0.173 e. The maximum atomic E-state index is 10.4. The Morgan fingerprint density at radius 3 is 0.907 bits per heavy atom. The Morgan fingerprint density at radius 2 is 0.674 bits per heavy atom. The Bertz CT molecular complexity index is 707. The fourth-order valence-corrected chi connectivity index (χ4v) is 29.9. The Morgan fingerprint density at radius 1 is 0.419 bits per heavy atom. The molecule has 3 atom stereocenters. The fourth-order valence-electron chi connectivity index (χ4n) is 5.78. The van der Waals surface area contributed by atoms with E-state index in [4.69, 9.17) is 26.6 Å². The van der Waals surface area contributed by atoms with Crippen LogP contribution in [0, 0.1) is 0 Å². The third-order valence-corrected chi connectivity index (χ3v) is 25.2. The highest BCUT2D eigenvalue weighted by Gasteiger charge is 2.35. The third kappa shape index (κ3) is 23.9. The van der Waals surface area contributed by atoms with E-state index in [0.29, 0.717) is 19.8 Å². The summed E-state index contributed by atoms with van der Waals surface area (Å²) < 4.78 is 38.3. The van der Waals surface area contributed by atoms with Crippen LogP contribution in [0.5, 0.6) is 0 Å². The van der Waals surface area contributed by atoms with E-state index in [9.17, 15) is 10.2 Å². The molecule has 0 spiro atoms. The van der Waals surface area contributed by atoms with Gasteiger partial charge in [-0.25, -0.2) is 0 Å². The third-order valence-electron chi connectivity index (χ3n) is 6.58. The predicted molar refractivity (Wildman–Crippen MR) is 197 cm³/mol. The lowest BCUT2D eigenvalue weighted by molar-refractivity contribution is -0.159. The highest BCUT2D eigenvalue weighted by molar-refractivity contribution is 6.85. The molecule has 0 saturated heterocycles. The van der Waals surface area contributed by atoms with Gasteiger partial charge >= 0.3 is 0 Å². The fraction of sp³-hybridized carbons (Fsp3) is 1.00. The van der Waals surface area contributed by atoms with Gasteiger partial charge in [0.1, 0.15) is 18.3 Å². The number of hydrogen-bond donors (Lipinski definition) is 2. The highest BCUT2D eigenvalue weighted by Crippen LogP contribution is 2.24. The van der Waals surface area contributed by atoms with Crippen molar-refractivity contribution < 1.29 is 36.8 Å². The van der Waals surface area contributed by atoms with E-state index in [1.54, 1.807) is 0 Å². The van der Waals surface area contributed by atoms with Crippen molar-refractivity contribution in [2.24, 2.45) is 0 Å². The maximum Gasteiger partial charge on any atom is 0.173 e. The number of rotatable bonds is 25.